The van der Waals surface area contributed by atoms with Crippen LogP contribution >= 0.6 is 0 Å². The molecule has 1 fully saturated rings. The molecule has 3 rings (SSSR count). The van der Waals surface area contributed by atoms with Gasteiger partial charge in [0.15, 0.2) is 11.5 Å². The first-order valence-electron chi connectivity index (χ1n) is 38.4. The molecule has 1 saturated heterocycles. The molecule has 1 aromatic heterocycles. The Labute approximate surface area is 560 Å². The lowest BCUT2D eigenvalue weighted by Crippen LogP contribution is -2.31. The number of nitrogens with zero attached hydrogens (tertiary/aromatic N) is 3. The first-order valence-corrected chi connectivity index (χ1v) is 38.4. The Morgan fingerprint density at radius 2 is 0.891 bits per heavy atom. The van der Waals surface area contributed by atoms with Gasteiger partial charge < -0.3 is 44.1 Å². The maximum atomic E-state index is 14.3. The number of likely N-dealkylation sites (N-methyl/N-ethyl adjacent to an activating group) is 1. The van der Waals surface area contributed by atoms with E-state index >= 15 is 0 Å². The average Bonchev–Trinajstić information content (AvgIpc) is 1.32. The van der Waals surface area contributed by atoms with Crippen LogP contribution in [0.25, 0.3) is 0 Å². The van der Waals surface area contributed by atoms with Crippen LogP contribution in [0, 0.1) is 0 Å². The average molecular weight is 1290 g/mol. The number of nitrogens with one attached hydrogen (secondary N) is 1. The first kappa shape index (κ1) is 82.0. The number of amides is 2. The first-order chi connectivity index (χ1) is 45.1. The number of hydrogen-bond acceptors (Lipinski definition) is 12. The molecule has 0 radical (unpaired) electrons. The molecule has 2 amide bonds. The van der Waals surface area contributed by atoms with E-state index in [2.05, 4.69) is 31.1 Å². The smallest absolute Gasteiger partial charge is 0.351 e. The van der Waals surface area contributed by atoms with E-state index in [4.69, 9.17) is 23.7 Å². The van der Waals surface area contributed by atoms with Gasteiger partial charge in [-0.15, -0.1) is 0 Å². The molecule has 1 unspecified atom stereocenters. The Morgan fingerprint density at radius 3 is 1.24 bits per heavy atom. The van der Waals surface area contributed by atoms with Crippen molar-refractivity contribution in [2.75, 3.05) is 51.9 Å². The predicted octanol–water partition coefficient (Wildman–Crippen LogP) is 19.8. The molecule has 3 N–H and O–H groups in total. The monoisotopic (exact) mass is 1290 g/mol. The topological polar surface area (TPSA) is 188 Å². The van der Waals surface area contributed by atoms with E-state index in [0.717, 1.165) is 38.5 Å². The van der Waals surface area contributed by atoms with Gasteiger partial charge in [-0.25, -0.2) is 4.79 Å². The molecule has 15 heteroatoms. The number of ether oxygens (including phenoxy) is 5. The summed E-state index contributed by atoms with van der Waals surface area (Å²) in [5, 5.41) is 22.0. The van der Waals surface area contributed by atoms with Crippen LogP contribution in [0.3, 0.4) is 0 Å². The third kappa shape index (κ3) is 40.9. The number of rotatable bonds is 64. The number of anilines is 1. The van der Waals surface area contributed by atoms with Gasteiger partial charge in [0.1, 0.15) is 24.8 Å². The Morgan fingerprint density at radius 1 is 0.533 bits per heavy atom. The van der Waals surface area contributed by atoms with Crippen LogP contribution in [0.1, 0.15) is 365 Å². The molecule has 0 bridgehead atoms. The van der Waals surface area contributed by atoms with Gasteiger partial charge in [0.25, 0.3) is 5.91 Å². The Balaban J connectivity index is 1.58. The van der Waals surface area contributed by atoms with Crippen LogP contribution in [-0.2, 0) is 19.1 Å². The van der Waals surface area contributed by atoms with Gasteiger partial charge in [0, 0.05) is 31.6 Å². The van der Waals surface area contributed by atoms with Gasteiger partial charge in [-0.2, -0.15) is 4.98 Å². The summed E-state index contributed by atoms with van der Waals surface area (Å²) in [6, 6.07) is 5.00. The highest BCUT2D eigenvalue weighted by Gasteiger charge is 2.35. The van der Waals surface area contributed by atoms with E-state index < -0.39 is 36.0 Å². The molecule has 2 heterocycles. The molecule has 1 aliphatic heterocycles. The molecule has 0 aliphatic carbocycles. The number of aliphatic hydroxyl groups is 2. The zero-order valence-corrected chi connectivity index (χ0v) is 59.3. The van der Waals surface area contributed by atoms with Gasteiger partial charge in [0.2, 0.25) is 11.7 Å². The van der Waals surface area contributed by atoms with Gasteiger partial charge in [-0.1, -0.05) is 310 Å². The quantitative estimate of drug-likeness (QED) is 0.0421. The zero-order chi connectivity index (χ0) is 66.2. The summed E-state index contributed by atoms with van der Waals surface area (Å²) < 4.78 is 32.1. The Hall–Kier alpha value is -4.21. The molecule has 0 saturated carbocycles. The van der Waals surface area contributed by atoms with Crippen molar-refractivity contribution in [1.29, 1.82) is 0 Å². The highest BCUT2D eigenvalue weighted by molar-refractivity contribution is 5.95. The van der Waals surface area contributed by atoms with Gasteiger partial charge in [-0.05, 0) is 37.5 Å². The van der Waals surface area contributed by atoms with E-state index in [1.165, 1.54) is 291 Å². The minimum Gasteiger partial charge on any atom is -0.490 e. The van der Waals surface area contributed by atoms with Crippen LogP contribution in [0.5, 0.6) is 17.2 Å². The van der Waals surface area contributed by atoms with Crippen LogP contribution in [-0.4, -0.2) is 101 Å². The summed E-state index contributed by atoms with van der Waals surface area (Å²) in [7, 11) is 1.67. The number of esters is 1. The van der Waals surface area contributed by atoms with Crippen molar-refractivity contribution >= 4 is 23.6 Å². The van der Waals surface area contributed by atoms with Crippen LogP contribution in [0.2, 0.25) is 0 Å². The van der Waals surface area contributed by atoms with Crippen LogP contribution in [0.15, 0.2) is 29.2 Å². The summed E-state index contributed by atoms with van der Waals surface area (Å²) >= 11 is 0. The highest BCUT2D eigenvalue weighted by Crippen LogP contribution is 2.40. The maximum absolute atomic E-state index is 14.3. The predicted molar refractivity (Wildman–Crippen MR) is 377 cm³/mol. The summed E-state index contributed by atoms with van der Waals surface area (Å²) in [5.74, 6) is 0.173. The lowest BCUT2D eigenvalue weighted by molar-refractivity contribution is -0.144. The molecule has 3 atom stereocenters. The minimum absolute atomic E-state index is 0.000406. The van der Waals surface area contributed by atoms with Crippen molar-refractivity contribution in [3.8, 4) is 17.2 Å². The summed E-state index contributed by atoms with van der Waals surface area (Å²) in [6.45, 7) is 8.03. The highest BCUT2D eigenvalue weighted by atomic mass is 16.6. The van der Waals surface area contributed by atoms with E-state index in [1.54, 1.807) is 19.2 Å². The summed E-state index contributed by atoms with van der Waals surface area (Å²) in [4.78, 5) is 58.1. The number of aromatic nitrogens is 2. The SMILES string of the molecule is CCCCCCCCCCCCCCCCCCOc1cc(C(=O)N(C)CCOC(=O)CCC(=O)Nc2ccn([C@H]3CC(O)[C@@H](CO)O3)c(=O)n2)cc(OCCCCCCCCCCCCCCCCCC)c1OCCCCCCCCCCCCCCCCCC. The Kier molecular flexibility index (Phi) is 50.9. The molecular weight excluding hydrogens is 1160 g/mol. The number of carbonyl (C=O) groups is 3. The van der Waals surface area contributed by atoms with Crippen molar-refractivity contribution < 1.29 is 48.3 Å². The molecule has 530 valence electrons. The van der Waals surface area contributed by atoms with Crippen LogP contribution < -0.4 is 25.2 Å². The van der Waals surface area contributed by atoms with Gasteiger partial charge in [0.05, 0.1) is 45.5 Å². The zero-order valence-electron chi connectivity index (χ0n) is 59.3. The van der Waals surface area contributed by atoms with Crippen molar-refractivity contribution in [2.24, 2.45) is 0 Å². The van der Waals surface area contributed by atoms with Crippen molar-refractivity contribution in [2.45, 2.75) is 367 Å². The third-order valence-corrected chi connectivity index (χ3v) is 18.4. The molecule has 0 spiro atoms. The molecule has 2 aromatic rings. The van der Waals surface area contributed by atoms with Crippen molar-refractivity contribution in [1.82, 2.24) is 14.5 Å². The number of benzene rings is 1. The van der Waals surface area contributed by atoms with Crippen molar-refractivity contribution in [3.05, 3.63) is 40.4 Å². The van der Waals surface area contributed by atoms with Gasteiger partial charge in [-0.3, -0.25) is 19.0 Å². The molecule has 92 heavy (non-hydrogen) atoms. The number of unbranched alkanes of at least 4 members (excludes halogenated alkanes) is 45. The molecule has 1 aliphatic rings. The fraction of sp³-hybridized carbons (Fsp3) is 0.831. The normalized spacial score (nSPS) is 14.7. The van der Waals surface area contributed by atoms with E-state index in [1.807, 2.05) is 0 Å². The standard InChI is InChI=1S/C77H136N4O11/c1-5-8-11-14-17-20-23-26-29-32-35-38-41-44-47-50-58-88-68-62-66(76(86)80(4)57-61-90-74(85)54-53-72(84)78-71-55-56-81(77(87)79-71)73-64-67(83)70(65-82)92-73)63-69(89-59-51-48-45-42-39-36-33-30-27-24-21-18-15-12-9-6-2)75(68)91-60-52-49-46-43-40-37-34-31-28-25-22-19-16-13-10-7-3/h55-56,62-63,67,70,73,82-83H,5-54,57-61,64-65H2,1-4H3,(H,78,79,84,87)/t67?,70-,73-/m1/s1. The number of aliphatic hydroxyl groups excluding tert-OH is 2. The fourth-order valence-corrected chi connectivity index (χ4v) is 12.4. The molecule has 1 aromatic carbocycles. The van der Waals surface area contributed by atoms with Gasteiger partial charge >= 0.3 is 11.7 Å². The van der Waals surface area contributed by atoms with E-state index in [-0.39, 0.29) is 50.7 Å². The Bertz CT molecular complexity index is 2120. The van der Waals surface area contributed by atoms with Crippen LogP contribution in [0.4, 0.5) is 5.82 Å². The number of hydrogen-bond donors (Lipinski definition) is 3. The summed E-state index contributed by atoms with van der Waals surface area (Å²) in [6.07, 6.45) is 60.7. The second-order valence-corrected chi connectivity index (χ2v) is 26.9. The second-order valence-electron chi connectivity index (χ2n) is 26.9. The maximum Gasteiger partial charge on any atom is 0.351 e. The lowest BCUT2D eigenvalue weighted by Gasteiger charge is -2.21. The minimum atomic E-state index is -0.925. The van der Waals surface area contributed by atoms with E-state index in [9.17, 15) is 29.4 Å². The lowest BCUT2D eigenvalue weighted by atomic mass is 10.0. The molecular formula is C77H136N4O11. The van der Waals surface area contributed by atoms with E-state index in [0.29, 0.717) is 42.6 Å². The molecule has 15 nitrogen and oxygen atoms in total. The third-order valence-electron chi connectivity index (χ3n) is 18.4. The van der Waals surface area contributed by atoms with Crippen molar-refractivity contribution in [3.63, 3.8) is 0 Å². The summed E-state index contributed by atoms with van der Waals surface area (Å²) in [5.41, 5.74) is -0.302. The number of carbonyl (C=O) groups excluding carboxylic acids is 3. The second kappa shape index (κ2) is 57.1. The largest absolute Gasteiger partial charge is 0.490 e. The fourth-order valence-electron chi connectivity index (χ4n) is 12.4.